The van der Waals surface area contributed by atoms with Gasteiger partial charge in [-0.1, -0.05) is 37.1 Å². The zero-order valence-electron chi connectivity index (χ0n) is 9.71. The van der Waals surface area contributed by atoms with Crippen LogP contribution < -0.4 is 5.32 Å². The molecule has 16 heavy (non-hydrogen) atoms. The van der Waals surface area contributed by atoms with Crippen LogP contribution in [0.25, 0.3) is 0 Å². The summed E-state index contributed by atoms with van der Waals surface area (Å²) in [6.07, 6.45) is 7.16. The van der Waals surface area contributed by atoms with Crippen molar-refractivity contribution in [3.05, 3.63) is 35.4 Å². The number of hydrogen-bond acceptors (Lipinski definition) is 1. The quantitative estimate of drug-likeness (QED) is 0.696. The second kappa shape index (κ2) is 3.10. The van der Waals surface area contributed by atoms with Crippen molar-refractivity contribution in [3.8, 4) is 0 Å². The SMILES string of the molecule is c1ccc2c(c1)C1CCCCC13CCNC23. The van der Waals surface area contributed by atoms with E-state index < -0.39 is 0 Å². The molecule has 1 aromatic carbocycles. The summed E-state index contributed by atoms with van der Waals surface area (Å²) in [5.41, 5.74) is 3.88. The maximum absolute atomic E-state index is 3.76. The Morgan fingerprint density at radius 2 is 1.94 bits per heavy atom. The van der Waals surface area contributed by atoms with E-state index in [0.717, 1.165) is 5.92 Å². The largest absolute Gasteiger partial charge is 0.309 e. The summed E-state index contributed by atoms with van der Waals surface area (Å²) >= 11 is 0. The van der Waals surface area contributed by atoms with E-state index >= 15 is 0 Å². The summed E-state index contributed by atoms with van der Waals surface area (Å²) in [4.78, 5) is 0. The zero-order chi connectivity index (χ0) is 10.6. The predicted octanol–water partition coefficient (Wildman–Crippen LogP) is 3.38. The molecular formula is C15H19N. The van der Waals surface area contributed by atoms with E-state index in [1.54, 1.807) is 11.1 Å². The number of rotatable bonds is 0. The Hall–Kier alpha value is -0.820. The number of benzene rings is 1. The van der Waals surface area contributed by atoms with Crippen molar-refractivity contribution in [2.45, 2.75) is 44.1 Å². The lowest BCUT2D eigenvalue weighted by Crippen LogP contribution is -2.31. The summed E-state index contributed by atoms with van der Waals surface area (Å²) < 4.78 is 0. The highest BCUT2D eigenvalue weighted by atomic mass is 15.0. The van der Waals surface area contributed by atoms with E-state index in [9.17, 15) is 0 Å². The minimum Gasteiger partial charge on any atom is -0.309 e. The molecule has 0 radical (unpaired) electrons. The van der Waals surface area contributed by atoms with Crippen LogP contribution >= 0.6 is 0 Å². The molecule has 1 saturated carbocycles. The average Bonchev–Trinajstić information content (AvgIpc) is 2.83. The monoisotopic (exact) mass is 213 g/mol. The van der Waals surface area contributed by atoms with Gasteiger partial charge in [-0.3, -0.25) is 0 Å². The molecule has 1 heterocycles. The van der Waals surface area contributed by atoms with Gasteiger partial charge < -0.3 is 5.32 Å². The van der Waals surface area contributed by atoms with E-state index in [2.05, 4.69) is 29.6 Å². The molecule has 0 aromatic heterocycles. The highest BCUT2D eigenvalue weighted by Gasteiger charge is 2.55. The van der Waals surface area contributed by atoms with Gasteiger partial charge in [-0.25, -0.2) is 0 Å². The third kappa shape index (κ3) is 0.958. The Bertz CT molecular complexity index is 410. The normalized spacial score (nSPS) is 40.2. The fourth-order valence-corrected chi connectivity index (χ4v) is 4.68. The highest BCUT2D eigenvalue weighted by Crippen LogP contribution is 2.64. The van der Waals surface area contributed by atoms with E-state index in [1.807, 2.05) is 0 Å². The van der Waals surface area contributed by atoms with Crippen LogP contribution in [0.3, 0.4) is 0 Å². The second-order valence-electron chi connectivity index (χ2n) is 5.80. The molecule has 1 spiro atoms. The summed E-state index contributed by atoms with van der Waals surface area (Å²) in [5.74, 6) is 0.859. The number of hydrogen-bond donors (Lipinski definition) is 1. The molecule has 1 saturated heterocycles. The Morgan fingerprint density at radius 1 is 1.06 bits per heavy atom. The van der Waals surface area contributed by atoms with E-state index in [0.29, 0.717) is 11.5 Å². The molecule has 3 unspecified atom stereocenters. The third-order valence-corrected chi connectivity index (χ3v) is 5.28. The topological polar surface area (TPSA) is 12.0 Å². The first-order valence-corrected chi connectivity index (χ1v) is 6.74. The fourth-order valence-electron chi connectivity index (χ4n) is 4.68. The van der Waals surface area contributed by atoms with Gasteiger partial charge in [-0.2, -0.15) is 0 Å². The molecule has 3 atom stereocenters. The standard InChI is InChI=1S/C15H19N/c1-2-6-12-11(5-1)13-7-3-4-8-15(13)9-10-16-14(12)15/h1-2,5-6,13-14,16H,3-4,7-10H2. The molecule has 1 nitrogen and oxygen atoms in total. The molecular weight excluding hydrogens is 194 g/mol. The molecule has 1 heteroatoms. The van der Waals surface area contributed by atoms with Gasteiger partial charge in [0.15, 0.2) is 0 Å². The maximum Gasteiger partial charge on any atom is 0.0386 e. The third-order valence-electron chi connectivity index (χ3n) is 5.28. The molecule has 2 fully saturated rings. The minimum absolute atomic E-state index is 0.599. The van der Waals surface area contributed by atoms with Gasteiger partial charge in [0.05, 0.1) is 0 Å². The molecule has 4 rings (SSSR count). The maximum atomic E-state index is 3.76. The van der Waals surface area contributed by atoms with E-state index in [4.69, 9.17) is 0 Å². The van der Waals surface area contributed by atoms with Gasteiger partial charge in [0.25, 0.3) is 0 Å². The van der Waals surface area contributed by atoms with Crippen molar-refractivity contribution < 1.29 is 0 Å². The van der Waals surface area contributed by atoms with Crippen molar-refractivity contribution in [2.24, 2.45) is 5.41 Å². The molecule has 2 aliphatic carbocycles. The van der Waals surface area contributed by atoms with Crippen molar-refractivity contribution >= 4 is 0 Å². The van der Waals surface area contributed by atoms with Crippen LogP contribution in [-0.4, -0.2) is 6.54 Å². The second-order valence-corrected chi connectivity index (χ2v) is 5.80. The molecule has 1 aromatic rings. The van der Waals surface area contributed by atoms with Crippen LogP contribution in [0.5, 0.6) is 0 Å². The molecule has 1 N–H and O–H groups in total. The van der Waals surface area contributed by atoms with Gasteiger partial charge in [0.1, 0.15) is 0 Å². The Labute approximate surface area is 97.2 Å². The van der Waals surface area contributed by atoms with Crippen LogP contribution in [0.2, 0.25) is 0 Å². The molecule has 0 amide bonds. The first-order chi connectivity index (χ1) is 7.92. The van der Waals surface area contributed by atoms with Crippen LogP contribution in [0, 0.1) is 5.41 Å². The lowest BCUT2D eigenvalue weighted by atomic mass is 9.65. The van der Waals surface area contributed by atoms with Crippen LogP contribution in [0.4, 0.5) is 0 Å². The lowest BCUT2D eigenvalue weighted by molar-refractivity contribution is 0.151. The average molecular weight is 213 g/mol. The molecule has 1 aliphatic heterocycles. The first kappa shape index (κ1) is 9.23. The summed E-state index contributed by atoms with van der Waals surface area (Å²) in [5, 5.41) is 3.76. The van der Waals surface area contributed by atoms with E-state index in [1.165, 1.54) is 38.6 Å². The molecule has 3 aliphatic rings. The Morgan fingerprint density at radius 3 is 2.88 bits per heavy atom. The van der Waals surface area contributed by atoms with Gasteiger partial charge in [-0.15, -0.1) is 0 Å². The summed E-state index contributed by atoms with van der Waals surface area (Å²) in [6.45, 7) is 1.23. The van der Waals surface area contributed by atoms with Gasteiger partial charge in [0, 0.05) is 6.04 Å². The van der Waals surface area contributed by atoms with Gasteiger partial charge in [-0.05, 0) is 48.3 Å². The predicted molar refractivity (Wildman–Crippen MR) is 65.4 cm³/mol. The van der Waals surface area contributed by atoms with Crippen LogP contribution in [0.15, 0.2) is 24.3 Å². The van der Waals surface area contributed by atoms with Crippen molar-refractivity contribution in [1.29, 1.82) is 0 Å². The smallest absolute Gasteiger partial charge is 0.0386 e. The number of nitrogens with one attached hydrogen (secondary N) is 1. The van der Waals surface area contributed by atoms with Crippen molar-refractivity contribution in [1.82, 2.24) is 5.32 Å². The highest BCUT2D eigenvalue weighted by molar-refractivity contribution is 5.43. The minimum atomic E-state index is 0.599. The lowest BCUT2D eigenvalue weighted by Gasteiger charge is -2.39. The van der Waals surface area contributed by atoms with Crippen LogP contribution in [-0.2, 0) is 0 Å². The fraction of sp³-hybridized carbons (Fsp3) is 0.600. The van der Waals surface area contributed by atoms with Crippen LogP contribution in [0.1, 0.15) is 55.2 Å². The Kier molecular flexibility index (Phi) is 1.79. The summed E-state index contributed by atoms with van der Waals surface area (Å²) in [7, 11) is 0. The van der Waals surface area contributed by atoms with E-state index in [-0.39, 0.29) is 0 Å². The van der Waals surface area contributed by atoms with Gasteiger partial charge >= 0.3 is 0 Å². The van der Waals surface area contributed by atoms with Crippen molar-refractivity contribution in [3.63, 3.8) is 0 Å². The Balaban J connectivity index is 1.91. The first-order valence-electron chi connectivity index (χ1n) is 6.74. The zero-order valence-corrected chi connectivity index (χ0v) is 9.71. The summed E-state index contributed by atoms with van der Waals surface area (Å²) in [6, 6.07) is 9.85. The number of fused-ring (bicyclic) bond motifs is 3. The van der Waals surface area contributed by atoms with Gasteiger partial charge in [0.2, 0.25) is 0 Å². The molecule has 84 valence electrons. The van der Waals surface area contributed by atoms with Crippen molar-refractivity contribution in [2.75, 3.05) is 6.54 Å². The molecule has 0 bridgehead atoms.